The quantitative estimate of drug-likeness (QED) is 0.661. The highest BCUT2D eigenvalue weighted by Gasteiger charge is 2.55. The molecule has 0 unspecified atom stereocenters. The third-order valence-corrected chi connectivity index (χ3v) is 3.76. The van der Waals surface area contributed by atoms with E-state index < -0.39 is 5.60 Å². The topological polar surface area (TPSA) is 29.5 Å². The number of likely N-dealkylation sites (N-methyl/N-ethyl adjacent to an activating group) is 1. The fraction of sp³-hybridized carbons (Fsp3) is 0.308. The monoisotopic (exact) mass is 249 g/mol. The number of anilines is 1. The van der Waals surface area contributed by atoms with Crippen molar-refractivity contribution < 1.29 is 9.53 Å². The van der Waals surface area contributed by atoms with Crippen LogP contribution in [0.4, 0.5) is 5.69 Å². The van der Waals surface area contributed by atoms with Gasteiger partial charge in [0.1, 0.15) is 0 Å². The number of carbonyl (C=O) groups excluding carboxylic acids is 1. The molecule has 2 aliphatic rings. The van der Waals surface area contributed by atoms with Crippen LogP contribution in [0.15, 0.2) is 30.4 Å². The minimum absolute atomic E-state index is 0.0720. The van der Waals surface area contributed by atoms with Crippen molar-refractivity contribution >= 4 is 23.2 Å². The van der Waals surface area contributed by atoms with Gasteiger partial charge in [-0.05, 0) is 30.2 Å². The summed E-state index contributed by atoms with van der Waals surface area (Å²) in [5, 5.41) is 0.606. The summed E-state index contributed by atoms with van der Waals surface area (Å²) in [5.74, 6) is -0.0720. The zero-order chi connectivity index (χ0) is 12.2. The number of hydrogen-bond acceptors (Lipinski definition) is 2. The highest BCUT2D eigenvalue weighted by Crippen LogP contribution is 2.50. The lowest BCUT2D eigenvalue weighted by Crippen LogP contribution is -2.39. The van der Waals surface area contributed by atoms with Crippen LogP contribution in [-0.2, 0) is 15.1 Å². The van der Waals surface area contributed by atoms with Crippen molar-refractivity contribution in [3.05, 3.63) is 40.9 Å². The molecular formula is C13H12ClNO2. The summed E-state index contributed by atoms with van der Waals surface area (Å²) in [6.07, 6.45) is 0.714. The molecule has 88 valence electrons. The van der Waals surface area contributed by atoms with E-state index in [0.717, 1.165) is 16.8 Å². The summed E-state index contributed by atoms with van der Waals surface area (Å²) in [5.41, 5.74) is 1.49. The fourth-order valence-corrected chi connectivity index (χ4v) is 2.80. The normalized spacial score (nSPS) is 27.1. The third-order valence-electron chi connectivity index (χ3n) is 3.53. The Hall–Kier alpha value is -1.32. The van der Waals surface area contributed by atoms with Crippen molar-refractivity contribution in [3.63, 3.8) is 0 Å². The Balaban J connectivity index is 2.29. The highest BCUT2D eigenvalue weighted by atomic mass is 35.5. The van der Waals surface area contributed by atoms with Crippen LogP contribution in [0.5, 0.6) is 0 Å². The molecule has 0 bridgehead atoms. The number of halogens is 1. The molecule has 0 aromatic heterocycles. The maximum absolute atomic E-state index is 12.4. The van der Waals surface area contributed by atoms with Crippen molar-refractivity contribution in [2.24, 2.45) is 0 Å². The van der Waals surface area contributed by atoms with Gasteiger partial charge in [-0.15, -0.1) is 0 Å². The van der Waals surface area contributed by atoms with Crippen molar-refractivity contribution in [1.29, 1.82) is 0 Å². The van der Waals surface area contributed by atoms with E-state index in [1.165, 1.54) is 0 Å². The molecule has 1 amide bonds. The summed E-state index contributed by atoms with van der Waals surface area (Å²) < 4.78 is 5.73. The van der Waals surface area contributed by atoms with Crippen LogP contribution in [0.2, 0.25) is 5.02 Å². The van der Waals surface area contributed by atoms with Gasteiger partial charge in [0.15, 0.2) is 5.60 Å². The molecule has 1 fully saturated rings. The van der Waals surface area contributed by atoms with Crippen molar-refractivity contribution in [3.8, 4) is 0 Å². The second kappa shape index (κ2) is 3.34. The zero-order valence-corrected chi connectivity index (χ0v) is 10.3. The average Bonchev–Trinajstić information content (AvgIpc) is 2.77. The van der Waals surface area contributed by atoms with Gasteiger partial charge in [0.2, 0.25) is 0 Å². The van der Waals surface area contributed by atoms with E-state index >= 15 is 0 Å². The molecule has 0 saturated carbocycles. The predicted molar refractivity (Wildman–Crippen MR) is 66.2 cm³/mol. The Morgan fingerprint density at radius 2 is 2.29 bits per heavy atom. The minimum Gasteiger partial charge on any atom is -0.356 e. The molecule has 1 aromatic carbocycles. The second-order valence-electron chi connectivity index (χ2n) is 4.41. The Kier molecular flexibility index (Phi) is 2.12. The van der Waals surface area contributed by atoms with E-state index in [9.17, 15) is 4.79 Å². The molecule has 1 atom stereocenters. The zero-order valence-electron chi connectivity index (χ0n) is 9.50. The van der Waals surface area contributed by atoms with Crippen LogP contribution in [0, 0.1) is 0 Å². The number of benzene rings is 1. The molecule has 2 heterocycles. The van der Waals surface area contributed by atoms with E-state index in [1.807, 2.05) is 6.07 Å². The van der Waals surface area contributed by atoms with Gasteiger partial charge in [-0.2, -0.15) is 0 Å². The summed E-state index contributed by atoms with van der Waals surface area (Å²) in [6.45, 7) is 4.52. The molecule has 0 aliphatic carbocycles. The molecule has 0 radical (unpaired) electrons. The summed E-state index contributed by atoms with van der Waals surface area (Å²) in [6, 6.07) is 5.43. The Labute approximate surface area is 105 Å². The molecule has 1 aromatic rings. The molecule has 1 spiro atoms. The van der Waals surface area contributed by atoms with Gasteiger partial charge in [0, 0.05) is 17.6 Å². The van der Waals surface area contributed by atoms with E-state index in [2.05, 4.69) is 6.58 Å². The highest BCUT2D eigenvalue weighted by molar-refractivity contribution is 6.31. The van der Waals surface area contributed by atoms with Gasteiger partial charge >= 0.3 is 0 Å². The average molecular weight is 250 g/mol. The molecule has 4 heteroatoms. The van der Waals surface area contributed by atoms with E-state index in [-0.39, 0.29) is 5.91 Å². The van der Waals surface area contributed by atoms with Crippen LogP contribution < -0.4 is 4.90 Å². The van der Waals surface area contributed by atoms with Gasteiger partial charge in [-0.1, -0.05) is 18.2 Å². The van der Waals surface area contributed by atoms with E-state index in [4.69, 9.17) is 16.3 Å². The maximum atomic E-state index is 12.4. The molecule has 3 nitrogen and oxygen atoms in total. The second-order valence-corrected chi connectivity index (χ2v) is 4.85. The van der Waals surface area contributed by atoms with Crippen LogP contribution in [-0.4, -0.2) is 19.6 Å². The number of fused-ring (bicyclic) bond motifs is 2. The van der Waals surface area contributed by atoms with Gasteiger partial charge in [0.05, 0.1) is 12.3 Å². The largest absolute Gasteiger partial charge is 0.356 e. The smallest absolute Gasteiger partial charge is 0.268 e. The van der Waals surface area contributed by atoms with Crippen molar-refractivity contribution in [1.82, 2.24) is 0 Å². The van der Waals surface area contributed by atoms with Gasteiger partial charge < -0.3 is 9.64 Å². The van der Waals surface area contributed by atoms with Crippen LogP contribution >= 0.6 is 11.6 Å². The fourth-order valence-electron chi connectivity index (χ4n) is 2.63. The molecular weight excluding hydrogens is 238 g/mol. The molecule has 0 N–H and O–H groups in total. The van der Waals surface area contributed by atoms with Gasteiger partial charge in [0.25, 0.3) is 5.91 Å². The summed E-state index contributed by atoms with van der Waals surface area (Å²) >= 11 is 6.01. The number of ether oxygens (including phenoxy) is 1. The number of nitrogens with zero attached hydrogens (tertiary/aromatic N) is 1. The van der Waals surface area contributed by atoms with Gasteiger partial charge in [-0.3, -0.25) is 4.79 Å². The molecule has 2 aliphatic heterocycles. The number of carbonyl (C=O) groups is 1. The lowest BCUT2D eigenvalue weighted by molar-refractivity contribution is -0.134. The number of amides is 1. The third kappa shape index (κ3) is 1.18. The van der Waals surface area contributed by atoms with Crippen LogP contribution in [0.3, 0.4) is 0 Å². The first-order chi connectivity index (χ1) is 8.07. The van der Waals surface area contributed by atoms with Crippen LogP contribution in [0.25, 0.3) is 0 Å². The van der Waals surface area contributed by atoms with E-state index in [1.54, 1.807) is 24.1 Å². The Bertz CT molecular complexity index is 540. The maximum Gasteiger partial charge on any atom is 0.268 e. The van der Waals surface area contributed by atoms with Crippen LogP contribution in [0.1, 0.15) is 12.0 Å². The molecule has 17 heavy (non-hydrogen) atoms. The molecule has 3 rings (SSSR count). The number of rotatable bonds is 0. The summed E-state index contributed by atoms with van der Waals surface area (Å²) in [7, 11) is 1.75. The lowest BCUT2D eigenvalue weighted by Gasteiger charge is -2.23. The minimum atomic E-state index is -0.991. The number of hydrogen-bond donors (Lipinski definition) is 0. The van der Waals surface area contributed by atoms with Crippen molar-refractivity contribution in [2.45, 2.75) is 12.0 Å². The summed E-state index contributed by atoms with van der Waals surface area (Å²) in [4.78, 5) is 14.0. The molecule has 1 saturated heterocycles. The van der Waals surface area contributed by atoms with Gasteiger partial charge in [-0.25, -0.2) is 0 Å². The Morgan fingerprint density at radius 1 is 1.53 bits per heavy atom. The predicted octanol–water partition coefficient (Wildman–Crippen LogP) is 2.49. The standard InChI is InChI=1S/C13H12ClNO2/c1-8-5-6-17-13(8)10-7-9(14)3-4-11(10)15(2)12(13)16/h3-4,7H,1,5-6H2,2H3/t13-/m1/s1. The first-order valence-electron chi connectivity index (χ1n) is 5.48. The Morgan fingerprint density at radius 3 is 2.94 bits per heavy atom. The SMILES string of the molecule is C=C1CCO[C@]12C(=O)N(C)c1ccc(Cl)cc12. The first kappa shape index (κ1) is 10.8. The van der Waals surface area contributed by atoms with E-state index in [0.29, 0.717) is 18.1 Å². The lowest BCUT2D eigenvalue weighted by atomic mass is 9.88. The first-order valence-corrected chi connectivity index (χ1v) is 5.85. The van der Waals surface area contributed by atoms with Crippen molar-refractivity contribution in [2.75, 3.05) is 18.6 Å².